The molecule has 31 heavy (non-hydrogen) atoms. The molecule has 0 aliphatic carbocycles. The quantitative estimate of drug-likeness (QED) is 0.501. The van der Waals surface area contributed by atoms with E-state index in [1.807, 2.05) is 49.4 Å². The summed E-state index contributed by atoms with van der Waals surface area (Å²) in [5.74, 6) is 1.08. The fourth-order valence-electron chi connectivity index (χ4n) is 4.21. The van der Waals surface area contributed by atoms with Crippen molar-refractivity contribution in [3.63, 3.8) is 0 Å². The molecule has 0 spiro atoms. The van der Waals surface area contributed by atoms with Crippen molar-refractivity contribution >= 4 is 33.3 Å². The predicted octanol–water partition coefficient (Wildman–Crippen LogP) is 4.61. The summed E-state index contributed by atoms with van der Waals surface area (Å²) in [5, 5.41) is 8.78. The van der Waals surface area contributed by atoms with Gasteiger partial charge in [-0.3, -0.25) is 9.69 Å². The zero-order valence-electron chi connectivity index (χ0n) is 17.5. The lowest BCUT2D eigenvalue weighted by molar-refractivity contribution is -0.117. The zero-order chi connectivity index (χ0) is 21.2. The van der Waals surface area contributed by atoms with Crippen LogP contribution in [0.4, 0.5) is 5.82 Å². The lowest BCUT2D eigenvalue weighted by Gasteiger charge is -2.31. The van der Waals surface area contributed by atoms with Gasteiger partial charge in [0.05, 0.1) is 33.2 Å². The number of benzene rings is 2. The Morgan fingerprint density at radius 2 is 1.97 bits per heavy atom. The molecule has 1 aliphatic rings. The number of carbonyl (C=O) groups excluding carboxylic acids is 1. The van der Waals surface area contributed by atoms with Gasteiger partial charge >= 0.3 is 0 Å². The average Bonchev–Trinajstić information content (AvgIpc) is 3.38. The summed E-state index contributed by atoms with van der Waals surface area (Å²) >= 11 is 1.78. The van der Waals surface area contributed by atoms with E-state index in [4.69, 9.17) is 4.98 Å². The van der Waals surface area contributed by atoms with Crippen molar-refractivity contribution < 1.29 is 4.79 Å². The van der Waals surface area contributed by atoms with E-state index in [-0.39, 0.29) is 5.91 Å². The third-order valence-corrected chi connectivity index (χ3v) is 6.83. The summed E-state index contributed by atoms with van der Waals surface area (Å²) in [6, 6.07) is 20.1. The van der Waals surface area contributed by atoms with Crippen molar-refractivity contribution in [3.8, 4) is 5.69 Å². The van der Waals surface area contributed by atoms with Crippen LogP contribution in [-0.2, 0) is 4.79 Å². The third-order valence-electron chi connectivity index (χ3n) is 5.63. The van der Waals surface area contributed by atoms with Crippen LogP contribution < -0.4 is 5.32 Å². The van der Waals surface area contributed by atoms with Crippen LogP contribution in [0.1, 0.15) is 29.5 Å². The first kappa shape index (κ1) is 19.9. The van der Waals surface area contributed by atoms with Gasteiger partial charge in [0, 0.05) is 18.5 Å². The number of hydrogen-bond donors (Lipinski definition) is 1. The Morgan fingerprint density at radius 1 is 1.16 bits per heavy atom. The molecule has 1 fully saturated rings. The number of aryl methyl sites for hydroxylation is 1. The van der Waals surface area contributed by atoms with Gasteiger partial charge in [0.15, 0.2) is 0 Å². The minimum Gasteiger partial charge on any atom is -0.309 e. The number of nitrogens with one attached hydrogen (secondary N) is 1. The number of carbonyl (C=O) groups is 1. The number of aromatic nitrogens is 3. The molecule has 1 atom stereocenters. The first-order valence-electron chi connectivity index (χ1n) is 10.7. The maximum Gasteiger partial charge on any atom is 0.239 e. The number of fused-ring (bicyclic) bond motifs is 1. The van der Waals surface area contributed by atoms with Gasteiger partial charge in [0.2, 0.25) is 5.91 Å². The number of nitrogens with zero attached hydrogens (tertiary/aromatic N) is 4. The Morgan fingerprint density at radius 3 is 2.81 bits per heavy atom. The Kier molecular flexibility index (Phi) is 5.53. The Hall–Kier alpha value is -3.03. The van der Waals surface area contributed by atoms with E-state index in [0.717, 1.165) is 42.8 Å². The standard InChI is InChI=1S/C24H25N5OS/c1-17-14-22(29(27-17)19-9-3-2-4-10-19)26-23(30)16-28-13-7-8-18(15-28)24-25-20-11-5-6-12-21(20)31-24/h2-6,9-12,14,18H,7-8,13,15-16H2,1H3,(H,26,30). The molecule has 1 saturated heterocycles. The maximum atomic E-state index is 12.9. The fraction of sp³-hybridized carbons (Fsp3) is 0.292. The number of piperidine rings is 1. The molecule has 4 aromatic rings. The van der Waals surface area contributed by atoms with Crippen LogP contribution in [0.25, 0.3) is 15.9 Å². The van der Waals surface area contributed by atoms with Gasteiger partial charge in [-0.15, -0.1) is 11.3 Å². The highest BCUT2D eigenvalue weighted by Crippen LogP contribution is 2.32. The van der Waals surface area contributed by atoms with Gasteiger partial charge in [-0.1, -0.05) is 30.3 Å². The largest absolute Gasteiger partial charge is 0.309 e. The van der Waals surface area contributed by atoms with Gasteiger partial charge in [-0.25, -0.2) is 9.67 Å². The number of hydrogen-bond acceptors (Lipinski definition) is 5. The van der Waals surface area contributed by atoms with Crippen LogP contribution in [0.5, 0.6) is 0 Å². The molecule has 0 radical (unpaired) electrons. The second-order valence-corrected chi connectivity index (χ2v) is 9.12. The summed E-state index contributed by atoms with van der Waals surface area (Å²) < 4.78 is 3.02. The van der Waals surface area contributed by atoms with E-state index >= 15 is 0 Å². The van der Waals surface area contributed by atoms with Crippen molar-refractivity contribution in [3.05, 3.63) is 71.4 Å². The molecule has 2 aromatic carbocycles. The lowest BCUT2D eigenvalue weighted by Crippen LogP contribution is -2.40. The third kappa shape index (κ3) is 4.38. The van der Waals surface area contributed by atoms with Gasteiger partial charge in [-0.05, 0) is 50.6 Å². The molecule has 3 heterocycles. The van der Waals surface area contributed by atoms with Crippen molar-refractivity contribution in [2.24, 2.45) is 0 Å². The van der Waals surface area contributed by atoms with E-state index in [1.165, 1.54) is 9.71 Å². The molecule has 5 rings (SSSR count). The molecule has 1 aliphatic heterocycles. The molecular formula is C24H25N5OS. The topological polar surface area (TPSA) is 63.1 Å². The SMILES string of the molecule is Cc1cc(NC(=O)CN2CCCC(c3nc4ccccc4s3)C2)n(-c2ccccc2)n1. The molecule has 6 nitrogen and oxygen atoms in total. The molecule has 1 unspecified atom stereocenters. The minimum atomic E-state index is -0.0120. The predicted molar refractivity (Wildman–Crippen MR) is 125 cm³/mol. The molecule has 0 saturated carbocycles. The Balaban J connectivity index is 1.26. The van der Waals surface area contributed by atoms with Crippen LogP contribution >= 0.6 is 11.3 Å². The molecule has 1 N–H and O–H groups in total. The number of para-hydroxylation sites is 2. The van der Waals surface area contributed by atoms with Crippen LogP contribution in [-0.4, -0.2) is 45.2 Å². The normalized spacial score (nSPS) is 17.1. The van der Waals surface area contributed by atoms with Gasteiger partial charge in [0.25, 0.3) is 0 Å². The van der Waals surface area contributed by atoms with E-state index in [9.17, 15) is 4.79 Å². The number of anilines is 1. The van der Waals surface area contributed by atoms with Crippen molar-refractivity contribution in [1.82, 2.24) is 19.7 Å². The highest BCUT2D eigenvalue weighted by Gasteiger charge is 2.25. The minimum absolute atomic E-state index is 0.0120. The van der Waals surface area contributed by atoms with Crippen molar-refractivity contribution in [2.45, 2.75) is 25.7 Å². The molecule has 7 heteroatoms. The van der Waals surface area contributed by atoms with Gasteiger partial charge in [-0.2, -0.15) is 5.10 Å². The van der Waals surface area contributed by atoms with E-state index in [1.54, 1.807) is 16.0 Å². The van der Waals surface area contributed by atoms with E-state index in [0.29, 0.717) is 18.3 Å². The fourth-order valence-corrected chi connectivity index (χ4v) is 5.30. The van der Waals surface area contributed by atoms with E-state index < -0.39 is 0 Å². The summed E-state index contributed by atoms with van der Waals surface area (Å²) in [7, 11) is 0. The van der Waals surface area contributed by atoms with Crippen molar-refractivity contribution in [2.75, 3.05) is 25.0 Å². The van der Waals surface area contributed by atoms with Crippen LogP contribution in [0.2, 0.25) is 0 Å². The second-order valence-electron chi connectivity index (χ2n) is 8.06. The maximum absolute atomic E-state index is 12.9. The van der Waals surface area contributed by atoms with E-state index in [2.05, 4.69) is 33.5 Å². The molecule has 2 aromatic heterocycles. The molecular weight excluding hydrogens is 406 g/mol. The summed E-state index contributed by atoms with van der Waals surface area (Å²) in [6.07, 6.45) is 2.20. The Bertz CT molecular complexity index is 1170. The molecule has 0 bridgehead atoms. The van der Waals surface area contributed by atoms with Crippen LogP contribution in [0.15, 0.2) is 60.7 Å². The summed E-state index contributed by atoms with van der Waals surface area (Å²) in [6.45, 7) is 4.11. The number of thiazole rings is 1. The number of rotatable bonds is 5. The first-order chi connectivity index (χ1) is 15.2. The molecule has 158 valence electrons. The highest BCUT2D eigenvalue weighted by atomic mass is 32.1. The number of likely N-dealkylation sites (tertiary alicyclic amines) is 1. The highest BCUT2D eigenvalue weighted by molar-refractivity contribution is 7.18. The molecule has 1 amide bonds. The second kappa shape index (κ2) is 8.61. The average molecular weight is 432 g/mol. The summed E-state index contributed by atoms with van der Waals surface area (Å²) in [5.41, 5.74) is 2.87. The summed E-state index contributed by atoms with van der Waals surface area (Å²) in [4.78, 5) is 19.9. The first-order valence-corrected chi connectivity index (χ1v) is 11.5. The smallest absolute Gasteiger partial charge is 0.239 e. The monoisotopic (exact) mass is 431 g/mol. The van der Waals surface area contributed by atoms with Crippen molar-refractivity contribution in [1.29, 1.82) is 0 Å². The van der Waals surface area contributed by atoms with Crippen LogP contribution in [0.3, 0.4) is 0 Å². The van der Waals surface area contributed by atoms with Crippen LogP contribution in [0, 0.1) is 6.92 Å². The number of amides is 1. The zero-order valence-corrected chi connectivity index (χ0v) is 18.3. The Labute approximate surface area is 185 Å². The van der Waals surface area contributed by atoms with Gasteiger partial charge in [0.1, 0.15) is 5.82 Å². The van der Waals surface area contributed by atoms with Gasteiger partial charge < -0.3 is 5.32 Å². The lowest BCUT2D eigenvalue weighted by atomic mass is 9.99.